The summed E-state index contributed by atoms with van der Waals surface area (Å²) in [7, 11) is 3.11. The van der Waals surface area contributed by atoms with E-state index in [-0.39, 0.29) is 12.4 Å². The van der Waals surface area contributed by atoms with E-state index in [4.69, 9.17) is 0 Å². The Morgan fingerprint density at radius 3 is 2.22 bits per heavy atom. The number of carbonyl (C=O) groups excluding carboxylic acids is 1. The van der Waals surface area contributed by atoms with Gasteiger partial charge in [0, 0.05) is 32.3 Å². The molecule has 0 heterocycles. The predicted molar refractivity (Wildman–Crippen MR) is 64.5 cm³/mol. The molecule has 1 amide bonds. The molecule has 1 N–H and O–H groups in total. The lowest BCUT2D eigenvalue weighted by atomic mass is 10.1. The van der Waals surface area contributed by atoms with Gasteiger partial charge in [-0.25, -0.2) is 13.2 Å². The third-order valence-corrected chi connectivity index (χ3v) is 2.26. The summed E-state index contributed by atoms with van der Waals surface area (Å²) in [5.74, 6) is -4.24. The van der Waals surface area contributed by atoms with Gasteiger partial charge in [0.05, 0.1) is 0 Å². The first-order chi connectivity index (χ1) is 7.97. The topological polar surface area (TPSA) is 32.3 Å². The number of hydrogen-bond acceptors (Lipinski definition) is 2. The fourth-order valence-electron chi connectivity index (χ4n) is 1.32. The van der Waals surface area contributed by atoms with Gasteiger partial charge >= 0.3 is 0 Å². The highest BCUT2D eigenvalue weighted by molar-refractivity contribution is 5.94. The van der Waals surface area contributed by atoms with Crippen LogP contribution in [0.1, 0.15) is 10.4 Å². The fourth-order valence-corrected chi connectivity index (χ4v) is 1.32. The van der Waals surface area contributed by atoms with Crippen LogP contribution in [0, 0.1) is 17.5 Å². The maximum Gasteiger partial charge on any atom is 0.259 e. The van der Waals surface area contributed by atoms with Crippen LogP contribution in [0.3, 0.4) is 0 Å². The Labute approximate surface area is 109 Å². The van der Waals surface area contributed by atoms with Crippen LogP contribution < -0.4 is 5.32 Å². The summed E-state index contributed by atoms with van der Waals surface area (Å²) in [5, 5.41) is 2.80. The number of nitrogens with zero attached hydrogens (tertiary/aromatic N) is 1. The highest BCUT2D eigenvalue weighted by atomic mass is 35.5. The van der Waals surface area contributed by atoms with E-state index in [9.17, 15) is 18.0 Å². The molecule has 18 heavy (non-hydrogen) atoms. The number of hydrogen-bond donors (Lipinski definition) is 1. The average molecular weight is 283 g/mol. The number of halogens is 4. The summed E-state index contributed by atoms with van der Waals surface area (Å²) in [6, 6.07) is 0.977. The van der Waals surface area contributed by atoms with E-state index in [0.29, 0.717) is 25.2 Å². The molecule has 3 nitrogen and oxygen atoms in total. The molecule has 1 rings (SSSR count). The van der Waals surface area contributed by atoms with E-state index < -0.39 is 28.9 Å². The highest BCUT2D eigenvalue weighted by Crippen LogP contribution is 2.16. The summed E-state index contributed by atoms with van der Waals surface area (Å²) in [6.07, 6.45) is 0. The number of likely N-dealkylation sites (N-methyl/N-ethyl adjacent to an activating group) is 2. The zero-order valence-electron chi connectivity index (χ0n) is 9.97. The molecule has 0 bridgehead atoms. The normalized spacial score (nSPS) is 9.83. The molecule has 0 aliphatic rings. The second-order valence-electron chi connectivity index (χ2n) is 3.57. The van der Waals surface area contributed by atoms with Crippen molar-refractivity contribution in [3.05, 3.63) is 35.1 Å². The van der Waals surface area contributed by atoms with Crippen LogP contribution in [0.2, 0.25) is 0 Å². The van der Waals surface area contributed by atoms with Crippen LogP contribution >= 0.6 is 12.4 Å². The average Bonchev–Trinajstić information content (AvgIpc) is 2.24. The Balaban J connectivity index is 0.00000289. The second kappa shape index (κ2) is 7.23. The van der Waals surface area contributed by atoms with Crippen molar-refractivity contribution in [1.29, 1.82) is 0 Å². The van der Waals surface area contributed by atoms with Crippen molar-refractivity contribution in [3.8, 4) is 0 Å². The smallest absolute Gasteiger partial charge is 0.259 e. The maximum atomic E-state index is 13.3. The highest BCUT2D eigenvalue weighted by Gasteiger charge is 2.21. The zero-order chi connectivity index (χ0) is 13.0. The molecule has 0 saturated carbocycles. The van der Waals surface area contributed by atoms with Crippen LogP contribution in [0.5, 0.6) is 0 Å². The van der Waals surface area contributed by atoms with Crippen molar-refractivity contribution in [2.24, 2.45) is 0 Å². The number of amides is 1. The van der Waals surface area contributed by atoms with Crippen molar-refractivity contribution in [3.63, 3.8) is 0 Å². The van der Waals surface area contributed by atoms with E-state index in [1.807, 2.05) is 0 Å². The van der Waals surface area contributed by atoms with Crippen LogP contribution in [0.25, 0.3) is 0 Å². The van der Waals surface area contributed by atoms with Gasteiger partial charge in [-0.15, -0.1) is 12.4 Å². The lowest BCUT2D eigenvalue weighted by Crippen LogP contribution is -2.33. The van der Waals surface area contributed by atoms with Crippen molar-refractivity contribution < 1.29 is 18.0 Å². The summed E-state index contributed by atoms with van der Waals surface area (Å²) >= 11 is 0. The first-order valence-electron chi connectivity index (χ1n) is 5.02. The number of carbonyl (C=O) groups is 1. The quantitative estimate of drug-likeness (QED) is 0.914. The van der Waals surface area contributed by atoms with Gasteiger partial charge in [0.2, 0.25) is 0 Å². The third-order valence-electron chi connectivity index (χ3n) is 2.26. The molecule has 0 aromatic heterocycles. The van der Waals surface area contributed by atoms with Crippen LogP contribution in [-0.4, -0.2) is 38.0 Å². The Kier molecular flexibility index (Phi) is 6.72. The van der Waals surface area contributed by atoms with Gasteiger partial charge in [0.25, 0.3) is 5.91 Å². The molecule has 0 spiro atoms. The summed E-state index contributed by atoms with van der Waals surface area (Å²) in [4.78, 5) is 12.9. The molecule has 0 atom stereocenters. The van der Waals surface area contributed by atoms with Crippen LogP contribution in [-0.2, 0) is 0 Å². The van der Waals surface area contributed by atoms with Crippen LogP contribution in [0.15, 0.2) is 12.1 Å². The van der Waals surface area contributed by atoms with Gasteiger partial charge in [-0.2, -0.15) is 0 Å². The van der Waals surface area contributed by atoms with Gasteiger partial charge in [-0.3, -0.25) is 4.79 Å². The molecule has 102 valence electrons. The zero-order valence-corrected chi connectivity index (χ0v) is 10.8. The van der Waals surface area contributed by atoms with Gasteiger partial charge in [0.15, 0.2) is 0 Å². The van der Waals surface area contributed by atoms with Gasteiger partial charge in [-0.1, -0.05) is 0 Å². The van der Waals surface area contributed by atoms with E-state index in [1.54, 1.807) is 7.05 Å². The van der Waals surface area contributed by atoms with Gasteiger partial charge < -0.3 is 10.2 Å². The van der Waals surface area contributed by atoms with Crippen molar-refractivity contribution in [2.75, 3.05) is 27.2 Å². The Morgan fingerprint density at radius 2 is 1.78 bits per heavy atom. The largest absolute Gasteiger partial charge is 0.340 e. The maximum absolute atomic E-state index is 13.3. The molecule has 7 heteroatoms. The molecule has 1 aromatic carbocycles. The van der Waals surface area contributed by atoms with Crippen molar-refractivity contribution in [1.82, 2.24) is 10.2 Å². The summed E-state index contributed by atoms with van der Waals surface area (Å²) in [5.41, 5.74) is -0.731. The first-order valence-corrected chi connectivity index (χ1v) is 5.02. The molecule has 1 aromatic rings. The standard InChI is InChI=1S/C11H13F3N2O.ClH/c1-15-3-4-16(2)11(17)10-8(13)5-7(12)6-9(10)14;/h5-6,15H,3-4H2,1-2H3;1H. The molecule has 0 aliphatic carbocycles. The Morgan fingerprint density at radius 1 is 1.28 bits per heavy atom. The molecule has 0 aliphatic heterocycles. The fraction of sp³-hybridized carbons (Fsp3) is 0.364. The first kappa shape index (κ1) is 16.7. The van der Waals surface area contributed by atoms with Gasteiger partial charge in [-0.05, 0) is 7.05 Å². The lowest BCUT2D eigenvalue weighted by molar-refractivity contribution is 0.0787. The minimum absolute atomic E-state index is 0. The van der Waals surface area contributed by atoms with Crippen LogP contribution in [0.4, 0.5) is 13.2 Å². The van der Waals surface area contributed by atoms with Gasteiger partial charge in [0.1, 0.15) is 23.0 Å². The molecule has 0 radical (unpaired) electrons. The molecule has 0 fully saturated rings. The monoisotopic (exact) mass is 282 g/mol. The lowest BCUT2D eigenvalue weighted by Gasteiger charge is -2.17. The Hall–Kier alpha value is -1.27. The minimum atomic E-state index is -1.19. The molecule has 0 unspecified atom stereocenters. The molecular formula is C11H14ClF3N2O. The minimum Gasteiger partial charge on any atom is -0.340 e. The molecular weight excluding hydrogens is 269 g/mol. The van der Waals surface area contributed by atoms with Crippen molar-refractivity contribution in [2.45, 2.75) is 0 Å². The number of rotatable bonds is 4. The Bertz CT molecular complexity index is 406. The SMILES string of the molecule is CNCCN(C)C(=O)c1c(F)cc(F)cc1F.Cl. The number of nitrogens with one attached hydrogen (secondary N) is 1. The third kappa shape index (κ3) is 3.89. The summed E-state index contributed by atoms with van der Waals surface area (Å²) < 4.78 is 39.3. The van der Waals surface area contributed by atoms with E-state index in [0.717, 1.165) is 4.90 Å². The second-order valence-corrected chi connectivity index (χ2v) is 3.57. The van der Waals surface area contributed by atoms with E-state index >= 15 is 0 Å². The number of benzene rings is 1. The van der Waals surface area contributed by atoms with Crippen molar-refractivity contribution >= 4 is 18.3 Å². The van der Waals surface area contributed by atoms with E-state index in [2.05, 4.69) is 5.32 Å². The molecule has 0 saturated heterocycles. The summed E-state index contributed by atoms with van der Waals surface area (Å²) in [6.45, 7) is 0.790. The predicted octanol–water partition coefficient (Wildman–Crippen LogP) is 1.82. The van der Waals surface area contributed by atoms with E-state index in [1.165, 1.54) is 7.05 Å².